The molecule has 1 rings (SSSR count). The fourth-order valence-electron chi connectivity index (χ4n) is 2.01. The lowest BCUT2D eigenvalue weighted by molar-refractivity contribution is 0.332. The first-order chi connectivity index (χ1) is 8.01. The van der Waals surface area contributed by atoms with E-state index in [-0.39, 0.29) is 0 Å². The van der Waals surface area contributed by atoms with Gasteiger partial charge in [-0.3, -0.25) is 4.55 Å². The van der Waals surface area contributed by atoms with Gasteiger partial charge in [-0.05, 0) is 33.6 Å². The third-order valence-electron chi connectivity index (χ3n) is 3.75. The van der Waals surface area contributed by atoms with Crippen LogP contribution in [-0.2, 0) is 20.1 Å². The van der Waals surface area contributed by atoms with Gasteiger partial charge in [0.2, 0.25) is 10.0 Å². The van der Waals surface area contributed by atoms with Crippen molar-refractivity contribution < 1.29 is 21.4 Å². The van der Waals surface area contributed by atoms with Gasteiger partial charge in [0.25, 0.3) is 10.1 Å². The summed E-state index contributed by atoms with van der Waals surface area (Å²) in [4.78, 5) is 0. The van der Waals surface area contributed by atoms with Crippen molar-refractivity contribution in [2.45, 2.75) is 50.0 Å². The zero-order valence-corrected chi connectivity index (χ0v) is 12.6. The Morgan fingerprint density at radius 1 is 1.06 bits per heavy atom. The summed E-state index contributed by atoms with van der Waals surface area (Å²) in [5.74, 6) is 0. The molecule has 6 nitrogen and oxygen atoms in total. The van der Waals surface area contributed by atoms with Gasteiger partial charge in [-0.25, -0.2) is 12.7 Å². The van der Waals surface area contributed by atoms with Gasteiger partial charge in [0.15, 0.2) is 0 Å². The lowest BCUT2D eigenvalue weighted by Gasteiger charge is -2.36. The van der Waals surface area contributed by atoms with E-state index in [4.69, 9.17) is 4.55 Å². The Labute approximate surface area is 109 Å². The summed E-state index contributed by atoms with van der Waals surface area (Å²) in [7, 11) is -8.14. The van der Waals surface area contributed by atoms with E-state index in [0.29, 0.717) is 13.1 Å². The molecule has 1 saturated heterocycles. The molecule has 108 valence electrons. The van der Waals surface area contributed by atoms with Crippen molar-refractivity contribution in [3.8, 4) is 0 Å². The van der Waals surface area contributed by atoms with Gasteiger partial charge in [0.05, 0.1) is 4.75 Å². The van der Waals surface area contributed by atoms with Crippen LogP contribution in [0.15, 0.2) is 0 Å². The molecule has 1 atom stereocenters. The molecule has 1 N–H and O–H groups in total. The fourth-order valence-corrected chi connectivity index (χ4v) is 5.28. The predicted molar refractivity (Wildman–Crippen MR) is 69.4 cm³/mol. The maximum atomic E-state index is 12.4. The Kier molecular flexibility index (Phi) is 4.47. The zero-order valence-electron chi connectivity index (χ0n) is 11.0. The minimum Gasteiger partial charge on any atom is -0.285 e. The summed E-state index contributed by atoms with van der Waals surface area (Å²) in [6, 6.07) is 0. The molecule has 0 amide bonds. The second-order valence-electron chi connectivity index (χ2n) is 5.23. The molecule has 0 aromatic rings. The highest BCUT2D eigenvalue weighted by atomic mass is 32.2. The van der Waals surface area contributed by atoms with Crippen molar-refractivity contribution in [2.24, 2.45) is 0 Å². The van der Waals surface area contributed by atoms with Crippen LogP contribution < -0.4 is 0 Å². The average Bonchev–Trinajstić information content (AvgIpc) is 2.27. The smallest absolute Gasteiger partial charge is 0.269 e. The number of hydrogen-bond acceptors (Lipinski definition) is 4. The lowest BCUT2D eigenvalue weighted by Crippen LogP contribution is -2.54. The maximum Gasteiger partial charge on any atom is 0.269 e. The molecule has 0 saturated carbocycles. The average molecular weight is 299 g/mol. The highest BCUT2D eigenvalue weighted by Gasteiger charge is 2.48. The van der Waals surface area contributed by atoms with Gasteiger partial charge in [0, 0.05) is 13.1 Å². The Balaban J connectivity index is 3.09. The molecular weight excluding hydrogens is 278 g/mol. The summed E-state index contributed by atoms with van der Waals surface area (Å²) < 4.78 is 56.1. The van der Waals surface area contributed by atoms with Crippen LogP contribution in [0.5, 0.6) is 0 Å². The molecular formula is C10H21NO5S2. The van der Waals surface area contributed by atoms with Gasteiger partial charge in [-0.1, -0.05) is 6.42 Å². The van der Waals surface area contributed by atoms with E-state index in [1.807, 2.05) is 0 Å². The van der Waals surface area contributed by atoms with E-state index < -0.39 is 30.1 Å². The Hall–Kier alpha value is -0.180. The number of rotatable bonds is 4. The first-order valence-electron chi connectivity index (χ1n) is 5.97. The number of nitrogens with zero attached hydrogens (tertiary/aromatic N) is 1. The highest BCUT2D eigenvalue weighted by molar-refractivity contribution is 7.93. The monoisotopic (exact) mass is 299 g/mol. The lowest BCUT2D eigenvalue weighted by atomic mass is 10.1. The normalized spacial score (nSPS) is 21.8. The summed E-state index contributed by atoms with van der Waals surface area (Å²) in [6.45, 7) is 4.75. The Bertz CT molecular complexity index is 488. The molecule has 0 aromatic carbocycles. The third kappa shape index (κ3) is 2.87. The summed E-state index contributed by atoms with van der Waals surface area (Å²) in [5, 5.41) is -1.36. The highest BCUT2D eigenvalue weighted by Crippen LogP contribution is 2.30. The van der Waals surface area contributed by atoms with Crippen molar-refractivity contribution in [1.29, 1.82) is 0 Å². The van der Waals surface area contributed by atoms with Gasteiger partial charge in [-0.2, -0.15) is 8.42 Å². The van der Waals surface area contributed by atoms with Crippen LogP contribution in [-0.4, -0.2) is 48.8 Å². The van der Waals surface area contributed by atoms with E-state index >= 15 is 0 Å². The second kappa shape index (κ2) is 5.07. The van der Waals surface area contributed by atoms with Crippen molar-refractivity contribution >= 4 is 20.1 Å². The van der Waals surface area contributed by atoms with E-state index in [0.717, 1.165) is 19.3 Å². The van der Waals surface area contributed by atoms with Crippen LogP contribution in [0.25, 0.3) is 0 Å². The van der Waals surface area contributed by atoms with Crippen LogP contribution in [0, 0.1) is 0 Å². The Morgan fingerprint density at radius 3 is 1.89 bits per heavy atom. The number of hydrogen-bond donors (Lipinski definition) is 1. The summed E-state index contributed by atoms with van der Waals surface area (Å²) in [6.07, 6.45) is 2.56. The quantitative estimate of drug-likeness (QED) is 0.777. The molecule has 1 fully saturated rings. The van der Waals surface area contributed by atoms with Crippen molar-refractivity contribution in [3.05, 3.63) is 0 Å². The van der Waals surface area contributed by atoms with Crippen LogP contribution in [0.1, 0.15) is 40.0 Å². The van der Waals surface area contributed by atoms with E-state index in [2.05, 4.69) is 0 Å². The summed E-state index contributed by atoms with van der Waals surface area (Å²) in [5.41, 5.74) is 0. The topological polar surface area (TPSA) is 91.8 Å². The maximum absolute atomic E-state index is 12.4. The minimum atomic E-state index is -4.39. The number of sulfonamides is 1. The molecule has 0 aliphatic carbocycles. The van der Waals surface area contributed by atoms with Gasteiger partial charge in [0.1, 0.15) is 5.25 Å². The van der Waals surface area contributed by atoms with Crippen LogP contribution in [0.2, 0.25) is 0 Å². The molecule has 1 aliphatic rings. The van der Waals surface area contributed by atoms with E-state index in [1.165, 1.54) is 25.1 Å². The molecule has 18 heavy (non-hydrogen) atoms. The zero-order chi connectivity index (χ0) is 14.2. The Morgan fingerprint density at radius 2 is 1.50 bits per heavy atom. The largest absolute Gasteiger partial charge is 0.285 e. The first-order valence-corrected chi connectivity index (χ1v) is 8.91. The predicted octanol–water partition coefficient (Wildman–Crippen LogP) is 0.857. The third-order valence-corrected chi connectivity index (χ3v) is 8.11. The van der Waals surface area contributed by atoms with E-state index in [9.17, 15) is 16.8 Å². The molecule has 0 radical (unpaired) electrons. The molecule has 1 heterocycles. The first kappa shape index (κ1) is 15.9. The standard InChI is InChI=1S/C10H21NO5S2/c1-9(17(12,13)14)10(2,3)18(15,16)11-7-5-4-6-8-11/h9H,4-8H2,1-3H3,(H,12,13,14). The molecule has 8 heteroatoms. The van der Waals surface area contributed by atoms with E-state index in [1.54, 1.807) is 0 Å². The van der Waals surface area contributed by atoms with Crippen LogP contribution >= 0.6 is 0 Å². The van der Waals surface area contributed by atoms with Gasteiger partial charge < -0.3 is 0 Å². The molecule has 0 aromatic heterocycles. The van der Waals surface area contributed by atoms with Crippen molar-refractivity contribution in [3.63, 3.8) is 0 Å². The van der Waals surface area contributed by atoms with Gasteiger partial charge >= 0.3 is 0 Å². The van der Waals surface area contributed by atoms with Crippen molar-refractivity contribution in [2.75, 3.05) is 13.1 Å². The molecule has 1 unspecified atom stereocenters. The van der Waals surface area contributed by atoms with Gasteiger partial charge in [-0.15, -0.1) is 0 Å². The number of piperidine rings is 1. The fraction of sp³-hybridized carbons (Fsp3) is 1.00. The van der Waals surface area contributed by atoms with Crippen LogP contribution in [0.3, 0.4) is 0 Å². The SMILES string of the molecule is CC(C(C)(C)S(=O)(=O)N1CCCCC1)S(=O)(=O)O. The second-order valence-corrected chi connectivity index (χ2v) is 9.48. The minimum absolute atomic E-state index is 0.421. The van der Waals surface area contributed by atoms with Crippen LogP contribution in [0.4, 0.5) is 0 Å². The summed E-state index contributed by atoms with van der Waals surface area (Å²) >= 11 is 0. The molecule has 0 spiro atoms. The molecule has 0 bridgehead atoms. The molecule has 1 aliphatic heterocycles. The van der Waals surface area contributed by atoms with Crippen molar-refractivity contribution in [1.82, 2.24) is 4.31 Å².